The van der Waals surface area contributed by atoms with Crippen LogP contribution in [-0.4, -0.2) is 49.1 Å². The molecule has 2 fully saturated rings. The number of likely N-dealkylation sites (N-methyl/N-ethyl adjacent to an activating group) is 1. The molecule has 18 heavy (non-hydrogen) atoms. The molecule has 4 heteroatoms. The predicted octanol–water partition coefficient (Wildman–Crippen LogP) is 1.12. The lowest BCUT2D eigenvalue weighted by Crippen LogP contribution is -2.46. The molecule has 0 aromatic heterocycles. The summed E-state index contributed by atoms with van der Waals surface area (Å²) >= 11 is 0. The number of rotatable bonds is 7. The third-order valence-electron chi connectivity index (χ3n) is 3.95. The van der Waals surface area contributed by atoms with Gasteiger partial charge in [0.1, 0.15) is 0 Å². The Labute approximate surface area is 110 Å². The van der Waals surface area contributed by atoms with Gasteiger partial charge >= 0.3 is 0 Å². The highest BCUT2D eigenvalue weighted by atomic mass is 16.1. The summed E-state index contributed by atoms with van der Waals surface area (Å²) < 4.78 is 0. The van der Waals surface area contributed by atoms with Gasteiger partial charge in [0.05, 0.1) is 0 Å². The first-order valence-electron chi connectivity index (χ1n) is 7.53. The SMILES string of the molecule is CCNCC1CCCCN1CCC(=O)NC1CC1. The van der Waals surface area contributed by atoms with E-state index in [-0.39, 0.29) is 5.91 Å². The minimum atomic E-state index is 0.241. The zero-order valence-corrected chi connectivity index (χ0v) is 11.6. The molecule has 1 atom stereocenters. The van der Waals surface area contributed by atoms with Crippen molar-refractivity contribution in [2.45, 2.75) is 57.5 Å². The molecule has 104 valence electrons. The summed E-state index contributed by atoms with van der Waals surface area (Å²) in [6, 6.07) is 1.13. The molecule has 4 nitrogen and oxygen atoms in total. The van der Waals surface area contributed by atoms with Gasteiger partial charge < -0.3 is 10.6 Å². The molecule has 1 saturated carbocycles. The first-order valence-corrected chi connectivity index (χ1v) is 7.53. The maximum atomic E-state index is 11.7. The Bertz CT molecular complexity index is 266. The van der Waals surface area contributed by atoms with E-state index in [1.165, 1.54) is 32.1 Å². The van der Waals surface area contributed by atoms with Gasteiger partial charge in [0, 0.05) is 31.6 Å². The second-order valence-electron chi connectivity index (χ2n) is 5.59. The summed E-state index contributed by atoms with van der Waals surface area (Å²) in [6.45, 7) is 6.34. The maximum Gasteiger partial charge on any atom is 0.221 e. The molecule has 1 aliphatic heterocycles. The van der Waals surface area contributed by atoms with E-state index < -0.39 is 0 Å². The predicted molar refractivity (Wildman–Crippen MR) is 73.5 cm³/mol. The Kier molecular flexibility index (Phi) is 5.45. The third kappa shape index (κ3) is 4.58. The Morgan fingerprint density at radius 1 is 1.28 bits per heavy atom. The average Bonchev–Trinajstić information content (AvgIpc) is 3.18. The van der Waals surface area contributed by atoms with Crippen LogP contribution < -0.4 is 10.6 Å². The van der Waals surface area contributed by atoms with Crippen molar-refractivity contribution in [2.75, 3.05) is 26.2 Å². The molecule has 1 heterocycles. The third-order valence-corrected chi connectivity index (χ3v) is 3.95. The van der Waals surface area contributed by atoms with Crippen LogP contribution in [0.3, 0.4) is 0 Å². The van der Waals surface area contributed by atoms with Gasteiger partial charge in [-0.05, 0) is 38.8 Å². The summed E-state index contributed by atoms with van der Waals surface area (Å²) in [5, 5.41) is 6.51. The van der Waals surface area contributed by atoms with Gasteiger partial charge in [0.25, 0.3) is 0 Å². The number of hydrogen-bond acceptors (Lipinski definition) is 3. The van der Waals surface area contributed by atoms with Gasteiger partial charge in [0.2, 0.25) is 5.91 Å². The summed E-state index contributed by atoms with van der Waals surface area (Å²) in [4.78, 5) is 14.2. The van der Waals surface area contributed by atoms with Crippen LogP contribution >= 0.6 is 0 Å². The van der Waals surface area contributed by atoms with Crippen LogP contribution in [0.2, 0.25) is 0 Å². The number of likely N-dealkylation sites (tertiary alicyclic amines) is 1. The Morgan fingerprint density at radius 3 is 2.83 bits per heavy atom. The van der Waals surface area contributed by atoms with Crippen molar-refractivity contribution in [1.29, 1.82) is 0 Å². The lowest BCUT2D eigenvalue weighted by molar-refractivity contribution is -0.121. The second-order valence-corrected chi connectivity index (χ2v) is 5.59. The van der Waals surface area contributed by atoms with Crippen LogP contribution in [0.25, 0.3) is 0 Å². The number of nitrogens with one attached hydrogen (secondary N) is 2. The highest BCUT2D eigenvalue weighted by Gasteiger charge is 2.25. The number of amides is 1. The van der Waals surface area contributed by atoms with E-state index in [1.54, 1.807) is 0 Å². The van der Waals surface area contributed by atoms with Gasteiger partial charge in [-0.25, -0.2) is 0 Å². The molecule has 0 bridgehead atoms. The molecule has 0 radical (unpaired) electrons. The van der Waals surface area contributed by atoms with Crippen molar-refractivity contribution in [3.63, 3.8) is 0 Å². The zero-order valence-electron chi connectivity index (χ0n) is 11.6. The van der Waals surface area contributed by atoms with Crippen molar-refractivity contribution in [3.8, 4) is 0 Å². The largest absolute Gasteiger partial charge is 0.353 e. The minimum Gasteiger partial charge on any atom is -0.353 e. The van der Waals surface area contributed by atoms with Crippen LogP contribution in [0, 0.1) is 0 Å². The fourth-order valence-corrected chi connectivity index (χ4v) is 2.67. The quantitative estimate of drug-likeness (QED) is 0.714. The standard InChI is InChI=1S/C14H27N3O/c1-2-15-11-13-5-3-4-9-17(13)10-8-14(18)16-12-6-7-12/h12-13,15H,2-11H2,1H3,(H,16,18). The molecular weight excluding hydrogens is 226 g/mol. The average molecular weight is 253 g/mol. The normalized spacial score (nSPS) is 25.1. The van der Waals surface area contributed by atoms with E-state index in [1.807, 2.05) is 0 Å². The lowest BCUT2D eigenvalue weighted by Gasteiger charge is -2.35. The molecule has 1 saturated heterocycles. The van der Waals surface area contributed by atoms with E-state index in [4.69, 9.17) is 0 Å². The number of piperidine rings is 1. The summed E-state index contributed by atoms with van der Waals surface area (Å²) in [5.41, 5.74) is 0. The van der Waals surface area contributed by atoms with E-state index in [9.17, 15) is 4.79 Å². The molecule has 1 aliphatic carbocycles. The highest BCUT2D eigenvalue weighted by molar-refractivity contribution is 5.76. The Balaban J connectivity index is 1.68. The molecule has 0 aromatic rings. The molecule has 2 aliphatic rings. The number of hydrogen-bond donors (Lipinski definition) is 2. The molecule has 1 unspecified atom stereocenters. The summed E-state index contributed by atoms with van der Waals surface area (Å²) in [6.07, 6.45) is 6.92. The van der Waals surface area contributed by atoms with E-state index in [2.05, 4.69) is 22.5 Å². The fourth-order valence-electron chi connectivity index (χ4n) is 2.67. The van der Waals surface area contributed by atoms with Gasteiger partial charge in [-0.1, -0.05) is 13.3 Å². The van der Waals surface area contributed by atoms with Crippen LogP contribution in [0.1, 0.15) is 45.4 Å². The van der Waals surface area contributed by atoms with Crippen molar-refractivity contribution in [2.24, 2.45) is 0 Å². The van der Waals surface area contributed by atoms with Crippen molar-refractivity contribution < 1.29 is 4.79 Å². The minimum absolute atomic E-state index is 0.241. The molecule has 0 spiro atoms. The Hall–Kier alpha value is -0.610. The van der Waals surface area contributed by atoms with E-state index in [0.717, 1.165) is 26.2 Å². The number of carbonyl (C=O) groups is 1. The Morgan fingerprint density at radius 2 is 2.11 bits per heavy atom. The molecule has 0 aromatic carbocycles. The molecular formula is C14H27N3O. The van der Waals surface area contributed by atoms with Crippen LogP contribution in [0.5, 0.6) is 0 Å². The maximum absolute atomic E-state index is 11.7. The van der Waals surface area contributed by atoms with Crippen LogP contribution in [-0.2, 0) is 4.79 Å². The number of carbonyl (C=O) groups excluding carboxylic acids is 1. The first-order chi connectivity index (χ1) is 8.79. The van der Waals surface area contributed by atoms with Crippen molar-refractivity contribution in [1.82, 2.24) is 15.5 Å². The van der Waals surface area contributed by atoms with Crippen LogP contribution in [0.15, 0.2) is 0 Å². The van der Waals surface area contributed by atoms with Crippen molar-refractivity contribution >= 4 is 5.91 Å². The van der Waals surface area contributed by atoms with E-state index in [0.29, 0.717) is 18.5 Å². The molecule has 2 rings (SSSR count). The number of nitrogens with zero attached hydrogens (tertiary/aromatic N) is 1. The fraction of sp³-hybridized carbons (Fsp3) is 0.929. The van der Waals surface area contributed by atoms with Gasteiger partial charge in [-0.2, -0.15) is 0 Å². The zero-order chi connectivity index (χ0) is 12.8. The highest BCUT2D eigenvalue weighted by Crippen LogP contribution is 2.19. The van der Waals surface area contributed by atoms with Gasteiger partial charge in [0.15, 0.2) is 0 Å². The summed E-state index contributed by atoms with van der Waals surface area (Å²) in [5.74, 6) is 0.241. The van der Waals surface area contributed by atoms with Crippen LogP contribution in [0.4, 0.5) is 0 Å². The second kappa shape index (κ2) is 7.10. The van der Waals surface area contributed by atoms with E-state index >= 15 is 0 Å². The van der Waals surface area contributed by atoms with Gasteiger partial charge in [-0.3, -0.25) is 9.69 Å². The van der Waals surface area contributed by atoms with Crippen molar-refractivity contribution in [3.05, 3.63) is 0 Å². The van der Waals surface area contributed by atoms with Gasteiger partial charge in [-0.15, -0.1) is 0 Å². The molecule has 2 N–H and O–H groups in total. The first kappa shape index (κ1) is 13.8. The monoisotopic (exact) mass is 253 g/mol. The topological polar surface area (TPSA) is 44.4 Å². The molecule has 1 amide bonds. The summed E-state index contributed by atoms with van der Waals surface area (Å²) in [7, 11) is 0. The smallest absolute Gasteiger partial charge is 0.221 e. The lowest BCUT2D eigenvalue weighted by atomic mass is 10.0.